The first-order valence-corrected chi connectivity index (χ1v) is 29.0. The van der Waals surface area contributed by atoms with Crippen LogP contribution < -0.4 is 15.4 Å². The summed E-state index contributed by atoms with van der Waals surface area (Å²) in [4.78, 5) is 78.8. The number of likely N-dealkylation sites (tertiary alicyclic amines) is 2. The normalized spacial score (nSPS) is 22.2. The molecule has 0 radical (unpaired) electrons. The number of ketones is 1. The van der Waals surface area contributed by atoms with Gasteiger partial charge >= 0.3 is 6.09 Å². The number of ether oxygens (including phenoxy) is 2. The van der Waals surface area contributed by atoms with Crippen LogP contribution >= 0.6 is 11.3 Å². The van der Waals surface area contributed by atoms with Gasteiger partial charge in [0.25, 0.3) is 11.8 Å². The van der Waals surface area contributed by atoms with Crippen LogP contribution in [0, 0.1) is 23.2 Å². The largest absolute Gasteiger partial charge is 0.494 e. The van der Waals surface area contributed by atoms with E-state index in [4.69, 9.17) is 19.6 Å². The highest BCUT2D eigenvalue weighted by Gasteiger charge is 2.78. The second kappa shape index (κ2) is 22.9. The number of carbonyl (C=O) groups is 5. The van der Waals surface area contributed by atoms with Crippen molar-refractivity contribution in [1.29, 1.82) is 0 Å². The molecule has 5 aromatic rings. The van der Waals surface area contributed by atoms with E-state index in [1.165, 1.54) is 23.3 Å². The average Bonchev–Trinajstić information content (AvgIpc) is 3.43. The SMILES string of the molecule is CC(C(=O)NC(C(=O)N1CCC[C@H]1c1nc(C(=O)c2cccc(OCCCCCN3CC(C(c4ccccc4)n4cc(NC(=O)c5n[nH]c6c5C[C@@H]5C(F)(F)[C@]5(C)C6)cn4)C3)c2)cs1)C1CCCCC1)N(C)C(=O)OC(C)(C)C. The lowest BCUT2D eigenvalue weighted by molar-refractivity contribution is -0.140. The first-order chi connectivity index (χ1) is 37.8. The summed E-state index contributed by atoms with van der Waals surface area (Å²) in [6.07, 6.45) is 12.1. The van der Waals surface area contributed by atoms with Gasteiger partial charge in [-0.3, -0.25) is 33.9 Å². The number of likely N-dealkylation sites (N-methyl/N-ethyl adjacent to an activating group) is 1. The third-order valence-corrected chi connectivity index (χ3v) is 18.1. The number of fused-ring (bicyclic) bond motifs is 2. The number of unbranched alkanes of at least 4 members (excludes halogenated alkanes) is 2. The summed E-state index contributed by atoms with van der Waals surface area (Å²) in [7, 11) is 1.52. The number of H-pyrrole nitrogens is 1. The van der Waals surface area contributed by atoms with Crippen LogP contribution in [0.1, 0.15) is 159 Å². The predicted molar refractivity (Wildman–Crippen MR) is 294 cm³/mol. The van der Waals surface area contributed by atoms with Crippen molar-refractivity contribution in [2.75, 3.05) is 45.2 Å². The Balaban J connectivity index is 0.680. The van der Waals surface area contributed by atoms with Gasteiger partial charge in [-0.1, -0.05) is 68.7 Å². The molecule has 2 saturated heterocycles. The summed E-state index contributed by atoms with van der Waals surface area (Å²) in [6, 6.07) is 15.4. The van der Waals surface area contributed by atoms with E-state index in [0.29, 0.717) is 58.5 Å². The van der Waals surface area contributed by atoms with Crippen molar-refractivity contribution >= 4 is 46.6 Å². The fourth-order valence-electron chi connectivity index (χ4n) is 12.3. The fourth-order valence-corrected chi connectivity index (χ4v) is 13.2. The first kappa shape index (κ1) is 55.8. The number of aromatic nitrogens is 5. The number of thiazole rings is 1. The molecule has 3 N–H and O–H groups in total. The highest BCUT2D eigenvalue weighted by molar-refractivity contribution is 7.10. The summed E-state index contributed by atoms with van der Waals surface area (Å²) < 4.78 is 42.6. The summed E-state index contributed by atoms with van der Waals surface area (Å²) in [5.74, 6) is -3.91. The second-order valence-corrected chi connectivity index (χ2v) is 24.6. The van der Waals surface area contributed by atoms with Crippen molar-refractivity contribution in [2.45, 2.75) is 147 Å². The van der Waals surface area contributed by atoms with Gasteiger partial charge < -0.3 is 29.9 Å². The number of anilines is 1. The molecular formula is C59H74F2N10O7S. The van der Waals surface area contributed by atoms with E-state index >= 15 is 0 Å². The second-order valence-electron chi connectivity index (χ2n) is 23.7. The van der Waals surface area contributed by atoms with Crippen LogP contribution in [0.15, 0.2) is 72.4 Å². The highest BCUT2D eigenvalue weighted by atomic mass is 32.1. The number of halogens is 2. The maximum atomic E-state index is 14.6. The van der Waals surface area contributed by atoms with Crippen molar-refractivity contribution < 1.29 is 42.2 Å². The number of rotatable bonds is 20. The number of alkyl halides is 2. The standard InChI is InChI=1S/C59H74F2N10O7S/c1-36(68(6)56(76)78-57(2,3)4)52(73)65-48(37-18-10-7-11-19-37)55(75)70-26-17-24-46(70)54-64-45(35-79-54)51(72)39-22-16-23-42(28-39)77-27-15-9-14-25-69-32-40(33-69)50(38-20-12-8-13-21-38)71-34-41(31-62-71)63-53(74)49-43-29-47-58(5,59(47,60)61)30-44(43)66-67-49/h8,12-13,16,20-23,28,31,34-37,40,46-48,50H,7,9-11,14-15,17-19,24-27,29-30,32-33H2,1-6H3,(H,63,74)(H,65,73)(H,66,67)/t36?,46-,47-,48?,50?,58+/m0/s1. The number of nitrogens with zero attached hydrogens (tertiary/aromatic N) is 7. The van der Waals surface area contributed by atoms with Gasteiger partial charge in [-0.05, 0) is 109 Å². The van der Waals surface area contributed by atoms with Crippen LogP contribution in [0.4, 0.5) is 19.3 Å². The number of hydrogen-bond acceptors (Lipinski definition) is 12. The first-order valence-electron chi connectivity index (χ1n) is 28.2. The van der Waals surface area contributed by atoms with E-state index in [2.05, 4.69) is 37.9 Å². The number of benzene rings is 2. The Bertz CT molecular complexity index is 3020. The predicted octanol–water partition coefficient (Wildman–Crippen LogP) is 9.67. The summed E-state index contributed by atoms with van der Waals surface area (Å²) in [5, 5.41) is 20.2. The lowest BCUT2D eigenvalue weighted by Gasteiger charge is -2.43. The van der Waals surface area contributed by atoms with Crippen molar-refractivity contribution in [2.24, 2.45) is 23.2 Å². The molecule has 0 spiro atoms. The Labute approximate surface area is 464 Å². The summed E-state index contributed by atoms with van der Waals surface area (Å²) >= 11 is 1.37. The molecule has 79 heavy (non-hydrogen) atoms. The molecule has 3 unspecified atom stereocenters. The third kappa shape index (κ3) is 11.9. The van der Waals surface area contributed by atoms with Crippen LogP contribution in [-0.4, -0.2) is 133 Å². The molecule has 3 aliphatic carbocycles. The Morgan fingerprint density at radius 2 is 1.73 bits per heavy atom. The molecule has 5 heterocycles. The minimum atomic E-state index is -2.75. The molecular weight excluding hydrogens is 1030 g/mol. The number of hydrogen-bond donors (Lipinski definition) is 3. The molecule has 4 fully saturated rings. The van der Waals surface area contributed by atoms with Gasteiger partial charge in [-0.2, -0.15) is 10.2 Å². The lowest BCUT2D eigenvalue weighted by atomic mass is 9.83. The molecule has 0 bridgehead atoms. The minimum Gasteiger partial charge on any atom is -0.494 e. The summed E-state index contributed by atoms with van der Waals surface area (Å²) in [5.41, 5.74) is 1.94. The molecule has 2 aromatic carbocycles. The number of nitrogens with one attached hydrogen (secondary N) is 3. The minimum absolute atomic E-state index is 0.0361. The van der Waals surface area contributed by atoms with Crippen LogP contribution in [0.3, 0.4) is 0 Å². The van der Waals surface area contributed by atoms with Gasteiger partial charge in [0.2, 0.25) is 17.6 Å². The van der Waals surface area contributed by atoms with Crippen molar-refractivity contribution in [3.05, 3.63) is 111 Å². The van der Waals surface area contributed by atoms with Gasteiger partial charge in [0.05, 0.1) is 30.6 Å². The van der Waals surface area contributed by atoms with E-state index in [0.717, 1.165) is 83.0 Å². The van der Waals surface area contributed by atoms with Crippen molar-refractivity contribution in [3.63, 3.8) is 0 Å². The molecule has 5 aliphatic rings. The number of aromatic amines is 1. The molecule has 10 rings (SSSR count). The average molecular weight is 1110 g/mol. The molecule has 2 aliphatic heterocycles. The molecule has 2 saturated carbocycles. The van der Waals surface area contributed by atoms with Crippen LogP contribution in [-0.2, 0) is 27.2 Å². The molecule has 17 nitrogen and oxygen atoms in total. The van der Waals surface area contributed by atoms with Gasteiger partial charge in [-0.25, -0.2) is 18.6 Å². The van der Waals surface area contributed by atoms with E-state index < -0.39 is 52.8 Å². The van der Waals surface area contributed by atoms with Crippen LogP contribution in [0.5, 0.6) is 5.75 Å². The van der Waals surface area contributed by atoms with E-state index in [-0.39, 0.29) is 54.1 Å². The number of amides is 4. The van der Waals surface area contributed by atoms with Gasteiger partial charge in [-0.15, -0.1) is 11.3 Å². The summed E-state index contributed by atoms with van der Waals surface area (Å²) in [6.45, 7) is 12.3. The van der Waals surface area contributed by atoms with Crippen LogP contribution in [0.2, 0.25) is 0 Å². The van der Waals surface area contributed by atoms with Crippen molar-refractivity contribution in [3.8, 4) is 5.75 Å². The topological polar surface area (TPSA) is 197 Å². The van der Waals surface area contributed by atoms with Gasteiger partial charge in [0, 0.05) is 78.8 Å². The Morgan fingerprint density at radius 1 is 0.962 bits per heavy atom. The quantitative estimate of drug-likeness (QED) is 0.0496. The van der Waals surface area contributed by atoms with Crippen LogP contribution in [0.25, 0.3) is 0 Å². The molecule has 6 atom stereocenters. The third-order valence-electron chi connectivity index (χ3n) is 17.1. The van der Waals surface area contributed by atoms with Gasteiger partial charge in [0.1, 0.15) is 34.1 Å². The van der Waals surface area contributed by atoms with Gasteiger partial charge in [0.15, 0.2) is 5.69 Å². The maximum absolute atomic E-state index is 14.6. The fraction of sp³-hybridized carbons (Fsp3) is 0.559. The smallest absolute Gasteiger partial charge is 0.410 e. The Kier molecular flexibility index (Phi) is 16.2. The van der Waals surface area contributed by atoms with Crippen molar-refractivity contribution in [1.82, 2.24) is 45.0 Å². The zero-order valence-corrected chi connectivity index (χ0v) is 47.0. The molecule has 20 heteroatoms. The molecule has 4 amide bonds. The lowest BCUT2D eigenvalue weighted by Crippen LogP contribution is -2.56. The monoisotopic (exact) mass is 1100 g/mol. The zero-order chi connectivity index (χ0) is 55.8. The van der Waals surface area contributed by atoms with E-state index in [1.807, 2.05) is 46.1 Å². The Morgan fingerprint density at radius 3 is 2.49 bits per heavy atom. The number of carbonyl (C=O) groups excluding carboxylic acids is 5. The van der Waals surface area contributed by atoms with E-state index in [1.54, 1.807) is 58.3 Å². The zero-order valence-electron chi connectivity index (χ0n) is 46.1. The molecule has 422 valence electrons. The Hall–Kier alpha value is -6.54. The maximum Gasteiger partial charge on any atom is 0.410 e. The van der Waals surface area contributed by atoms with E-state index in [9.17, 15) is 32.8 Å². The molecule has 3 aromatic heterocycles. The highest BCUT2D eigenvalue weighted by Crippen LogP contribution is 2.70.